The number of carbonyl (C=O) groups is 2. The van der Waals surface area contributed by atoms with E-state index in [-0.39, 0.29) is 11.9 Å². The molecule has 0 radical (unpaired) electrons. The largest absolute Gasteiger partial charge is 0.378 e. The number of hydrogen-bond donors (Lipinski definition) is 2. The average Bonchev–Trinajstić information content (AvgIpc) is 3.73. The van der Waals surface area contributed by atoms with Crippen molar-refractivity contribution in [1.82, 2.24) is 5.48 Å². The number of hydroxylamine groups is 1. The molecule has 2 N–H and O–H groups in total. The van der Waals surface area contributed by atoms with Gasteiger partial charge in [-0.25, -0.2) is 4.79 Å². The first-order chi connectivity index (χ1) is 17.1. The van der Waals surface area contributed by atoms with Crippen LogP contribution in [0.4, 0.5) is 11.4 Å². The van der Waals surface area contributed by atoms with Gasteiger partial charge in [0.15, 0.2) is 0 Å². The van der Waals surface area contributed by atoms with Crippen LogP contribution >= 0.6 is 0 Å². The number of aryl methyl sites for hydroxylation is 1. The Hall–Kier alpha value is -3.68. The van der Waals surface area contributed by atoms with Crippen LogP contribution in [0.1, 0.15) is 39.1 Å². The Bertz CT molecular complexity index is 1200. The molecule has 1 aliphatic carbocycles. The molecule has 2 aliphatic rings. The molecule has 3 aromatic carbocycles. The van der Waals surface area contributed by atoms with Crippen molar-refractivity contribution in [2.45, 2.75) is 25.8 Å². The van der Waals surface area contributed by atoms with E-state index in [0.717, 1.165) is 67.2 Å². The van der Waals surface area contributed by atoms with Crippen LogP contribution in [0.3, 0.4) is 0 Å². The lowest BCUT2D eigenvalue weighted by Gasteiger charge is -2.28. The number of hydrogen-bond acceptors (Lipinski definition) is 6. The van der Waals surface area contributed by atoms with E-state index in [0.29, 0.717) is 11.1 Å². The first-order valence-corrected chi connectivity index (χ1v) is 12.0. The Labute approximate surface area is 205 Å². The molecule has 1 aliphatic heterocycles. The van der Waals surface area contributed by atoms with Gasteiger partial charge in [0.1, 0.15) is 0 Å². The van der Waals surface area contributed by atoms with Crippen molar-refractivity contribution in [2.24, 2.45) is 0 Å². The Morgan fingerprint density at radius 3 is 2.29 bits per heavy atom. The highest BCUT2D eigenvalue weighted by molar-refractivity contribution is 6.05. The summed E-state index contributed by atoms with van der Waals surface area (Å²) in [6.45, 7) is 5.22. The van der Waals surface area contributed by atoms with Gasteiger partial charge in [0.2, 0.25) is 0 Å². The summed E-state index contributed by atoms with van der Waals surface area (Å²) in [5.41, 5.74) is 8.60. The van der Waals surface area contributed by atoms with Gasteiger partial charge in [-0.3, -0.25) is 4.79 Å². The fraction of sp³-hybridized carbons (Fsp3) is 0.286. The highest BCUT2D eigenvalue weighted by atomic mass is 16.7. The maximum absolute atomic E-state index is 13.0. The molecule has 1 saturated heterocycles. The molecule has 5 rings (SSSR count). The summed E-state index contributed by atoms with van der Waals surface area (Å²) in [7, 11) is 0. The number of anilines is 2. The average molecular weight is 472 g/mol. The molecule has 35 heavy (non-hydrogen) atoms. The highest BCUT2D eigenvalue weighted by Crippen LogP contribution is 2.26. The molecule has 0 unspecified atom stereocenters. The van der Waals surface area contributed by atoms with Gasteiger partial charge in [0.25, 0.3) is 5.91 Å². The third-order valence-electron chi connectivity index (χ3n) is 6.33. The molecule has 7 nitrogen and oxygen atoms in total. The van der Waals surface area contributed by atoms with E-state index in [1.807, 2.05) is 61.5 Å². The van der Waals surface area contributed by atoms with Crippen molar-refractivity contribution < 1.29 is 19.2 Å². The van der Waals surface area contributed by atoms with Crippen LogP contribution < -0.4 is 15.7 Å². The van der Waals surface area contributed by atoms with Gasteiger partial charge in [-0.15, -0.1) is 5.48 Å². The fourth-order valence-electron chi connectivity index (χ4n) is 4.04. The van der Waals surface area contributed by atoms with E-state index in [1.165, 1.54) is 0 Å². The molecule has 0 spiro atoms. The second-order valence-electron chi connectivity index (χ2n) is 8.99. The first kappa shape index (κ1) is 23.1. The van der Waals surface area contributed by atoms with Gasteiger partial charge in [-0.2, -0.15) is 0 Å². The molecular weight excluding hydrogens is 442 g/mol. The maximum atomic E-state index is 13.0. The summed E-state index contributed by atoms with van der Waals surface area (Å²) in [6.07, 6.45) is 2.07. The molecule has 1 saturated carbocycles. The quantitative estimate of drug-likeness (QED) is 0.491. The van der Waals surface area contributed by atoms with Crippen molar-refractivity contribution in [1.29, 1.82) is 0 Å². The number of ether oxygens (including phenoxy) is 1. The molecule has 0 bridgehead atoms. The van der Waals surface area contributed by atoms with E-state index >= 15 is 0 Å². The Morgan fingerprint density at radius 2 is 1.60 bits per heavy atom. The molecule has 0 atom stereocenters. The van der Waals surface area contributed by atoms with E-state index in [4.69, 9.17) is 9.57 Å². The number of nitrogens with zero attached hydrogens (tertiary/aromatic N) is 1. The zero-order valence-corrected chi connectivity index (χ0v) is 19.8. The van der Waals surface area contributed by atoms with Gasteiger partial charge in [0, 0.05) is 36.1 Å². The molecule has 7 heteroatoms. The Kier molecular flexibility index (Phi) is 6.79. The summed E-state index contributed by atoms with van der Waals surface area (Å²) in [4.78, 5) is 32.5. The number of amides is 1. The Morgan fingerprint density at radius 1 is 0.914 bits per heavy atom. The van der Waals surface area contributed by atoms with Crippen LogP contribution in [0, 0.1) is 6.92 Å². The molecule has 1 heterocycles. The van der Waals surface area contributed by atoms with Crippen LogP contribution in [0.15, 0.2) is 66.7 Å². The van der Waals surface area contributed by atoms with Gasteiger partial charge < -0.3 is 19.8 Å². The molecular formula is C28H29N3O4. The van der Waals surface area contributed by atoms with Gasteiger partial charge >= 0.3 is 5.97 Å². The standard InChI is InChI=1S/C28H29N3O4/c1-19-2-3-22(27(32)29-23-10-12-25(13-11-23)31-14-16-34-17-15-31)18-26(19)20-4-6-21(7-5-20)28(33)35-30-24-8-9-24/h2-7,10-13,18,24,30H,8-9,14-17H2,1H3,(H,29,32). The van der Waals surface area contributed by atoms with E-state index < -0.39 is 5.97 Å². The van der Waals surface area contributed by atoms with Crippen molar-refractivity contribution in [3.8, 4) is 11.1 Å². The summed E-state index contributed by atoms with van der Waals surface area (Å²) in [6, 6.07) is 21.1. The molecule has 3 aromatic rings. The molecule has 2 fully saturated rings. The van der Waals surface area contributed by atoms with Gasteiger partial charge in [-0.1, -0.05) is 18.2 Å². The smallest absolute Gasteiger partial charge is 0.356 e. The van der Waals surface area contributed by atoms with E-state index in [1.54, 1.807) is 12.1 Å². The highest BCUT2D eigenvalue weighted by Gasteiger charge is 2.23. The van der Waals surface area contributed by atoms with Crippen LogP contribution in [0.5, 0.6) is 0 Å². The third kappa shape index (κ3) is 5.70. The second kappa shape index (κ2) is 10.3. The predicted octanol–water partition coefficient (Wildman–Crippen LogP) is 4.57. The van der Waals surface area contributed by atoms with Crippen molar-refractivity contribution >= 4 is 23.3 Å². The first-order valence-electron chi connectivity index (χ1n) is 12.0. The van der Waals surface area contributed by atoms with Crippen molar-refractivity contribution in [3.05, 3.63) is 83.4 Å². The minimum Gasteiger partial charge on any atom is -0.378 e. The Balaban J connectivity index is 1.26. The van der Waals surface area contributed by atoms with Gasteiger partial charge in [-0.05, 0) is 85.0 Å². The summed E-state index contributed by atoms with van der Waals surface area (Å²) in [5, 5.41) is 2.99. The molecule has 180 valence electrons. The number of rotatable bonds is 7. The van der Waals surface area contributed by atoms with Crippen LogP contribution in [-0.4, -0.2) is 44.2 Å². The number of nitrogens with one attached hydrogen (secondary N) is 2. The third-order valence-corrected chi connectivity index (χ3v) is 6.33. The van der Waals surface area contributed by atoms with Crippen molar-refractivity contribution in [2.75, 3.05) is 36.5 Å². The number of benzene rings is 3. The number of carbonyl (C=O) groups excluding carboxylic acids is 2. The predicted molar refractivity (Wildman–Crippen MR) is 136 cm³/mol. The monoisotopic (exact) mass is 471 g/mol. The number of morpholine rings is 1. The second-order valence-corrected chi connectivity index (χ2v) is 8.99. The summed E-state index contributed by atoms with van der Waals surface area (Å²) in [5.74, 6) is -0.565. The SMILES string of the molecule is Cc1ccc(C(=O)Nc2ccc(N3CCOCC3)cc2)cc1-c1ccc(C(=O)ONC2CC2)cc1. The maximum Gasteiger partial charge on any atom is 0.356 e. The fourth-order valence-corrected chi connectivity index (χ4v) is 4.04. The zero-order chi connectivity index (χ0) is 24.2. The van der Waals surface area contributed by atoms with Crippen molar-refractivity contribution in [3.63, 3.8) is 0 Å². The van der Waals surface area contributed by atoms with Crippen LogP contribution in [-0.2, 0) is 9.57 Å². The topological polar surface area (TPSA) is 79.9 Å². The van der Waals surface area contributed by atoms with E-state index in [2.05, 4.69) is 15.7 Å². The minimum absolute atomic E-state index is 0.170. The summed E-state index contributed by atoms with van der Waals surface area (Å²) >= 11 is 0. The minimum atomic E-state index is -0.395. The van der Waals surface area contributed by atoms with Crippen LogP contribution in [0.25, 0.3) is 11.1 Å². The lowest BCUT2D eigenvalue weighted by Crippen LogP contribution is -2.36. The lowest BCUT2D eigenvalue weighted by molar-refractivity contribution is 0.0236. The lowest BCUT2D eigenvalue weighted by atomic mass is 9.97. The molecule has 1 amide bonds. The normalized spacial score (nSPS) is 15.5. The molecule has 0 aromatic heterocycles. The van der Waals surface area contributed by atoms with E-state index in [9.17, 15) is 9.59 Å². The zero-order valence-electron chi connectivity index (χ0n) is 19.8. The summed E-state index contributed by atoms with van der Waals surface area (Å²) < 4.78 is 5.41. The van der Waals surface area contributed by atoms with Gasteiger partial charge in [0.05, 0.1) is 18.8 Å². The van der Waals surface area contributed by atoms with Crippen LogP contribution in [0.2, 0.25) is 0 Å².